The summed E-state index contributed by atoms with van der Waals surface area (Å²) in [6.07, 6.45) is 3.19. The van der Waals surface area contributed by atoms with Crippen LogP contribution in [0.4, 0.5) is 5.13 Å². The molecule has 1 aliphatic heterocycles. The van der Waals surface area contributed by atoms with Crippen molar-refractivity contribution in [3.05, 3.63) is 47.5 Å². The number of carbonyl (C=O) groups excluding carboxylic acids is 2. The monoisotopic (exact) mass is 329 g/mol. The second-order valence-corrected chi connectivity index (χ2v) is 6.48. The van der Waals surface area contributed by atoms with Gasteiger partial charge < -0.3 is 10.2 Å². The smallest absolute Gasteiger partial charge is 0.220 e. The lowest BCUT2D eigenvalue weighted by Gasteiger charge is -2.15. The fraction of sp³-hybridized carbons (Fsp3) is 0.353. The Morgan fingerprint density at radius 1 is 1.26 bits per heavy atom. The van der Waals surface area contributed by atoms with Gasteiger partial charge in [-0.25, -0.2) is 4.98 Å². The zero-order valence-electron chi connectivity index (χ0n) is 12.8. The summed E-state index contributed by atoms with van der Waals surface area (Å²) in [5.74, 6) is -0.0446. The van der Waals surface area contributed by atoms with Gasteiger partial charge in [0.05, 0.1) is 0 Å². The molecule has 1 aromatic carbocycles. The van der Waals surface area contributed by atoms with Crippen LogP contribution in [0, 0.1) is 0 Å². The predicted octanol–water partition coefficient (Wildman–Crippen LogP) is 2.50. The van der Waals surface area contributed by atoms with Gasteiger partial charge in [0.25, 0.3) is 0 Å². The van der Waals surface area contributed by atoms with Crippen LogP contribution in [0.2, 0.25) is 0 Å². The molecule has 0 bridgehead atoms. The van der Waals surface area contributed by atoms with E-state index in [4.69, 9.17) is 0 Å². The maximum Gasteiger partial charge on any atom is 0.220 e. The molecule has 1 atom stereocenters. The van der Waals surface area contributed by atoms with Crippen LogP contribution in [0.15, 0.2) is 41.9 Å². The molecule has 5 nitrogen and oxygen atoms in total. The van der Waals surface area contributed by atoms with Crippen LogP contribution in [0.5, 0.6) is 0 Å². The third kappa shape index (κ3) is 4.16. The van der Waals surface area contributed by atoms with Crippen molar-refractivity contribution in [2.45, 2.75) is 25.3 Å². The molecule has 1 aromatic heterocycles. The van der Waals surface area contributed by atoms with E-state index in [9.17, 15) is 9.59 Å². The Bertz CT molecular complexity index is 658. The predicted molar refractivity (Wildman–Crippen MR) is 90.9 cm³/mol. The van der Waals surface area contributed by atoms with Crippen LogP contribution in [0.25, 0.3) is 0 Å². The van der Waals surface area contributed by atoms with E-state index in [0.717, 1.165) is 24.6 Å². The number of nitrogens with zero attached hydrogens (tertiary/aromatic N) is 2. The SMILES string of the molecule is O=C(CCC(=O)c1ccccc1)NC1CCN(c2nccs2)C1. The number of nitrogens with one attached hydrogen (secondary N) is 1. The number of hydrogen-bond acceptors (Lipinski definition) is 5. The van der Waals surface area contributed by atoms with Crippen molar-refractivity contribution in [2.24, 2.45) is 0 Å². The van der Waals surface area contributed by atoms with E-state index in [-0.39, 0.29) is 30.6 Å². The van der Waals surface area contributed by atoms with Crippen molar-refractivity contribution >= 4 is 28.2 Å². The lowest BCUT2D eigenvalue weighted by Crippen LogP contribution is -2.37. The maximum absolute atomic E-state index is 12.0. The molecule has 3 rings (SSSR count). The maximum atomic E-state index is 12.0. The minimum absolute atomic E-state index is 0.0107. The number of amides is 1. The van der Waals surface area contributed by atoms with Gasteiger partial charge in [-0.2, -0.15) is 0 Å². The molecule has 1 unspecified atom stereocenters. The molecule has 2 aromatic rings. The molecule has 1 amide bonds. The van der Waals surface area contributed by atoms with Gasteiger partial charge in [0.1, 0.15) is 0 Å². The first-order valence-corrected chi connectivity index (χ1v) is 8.62. The van der Waals surface area contributed by atoms with Gasteiger partial charge in [-0.15, -0.1) is 11.3 Å². The van der Waals surface area contributed by atoms with Crippen molar-refractivity contribution in [1.82, 2.24) is 10.3 Å². The molecule has 1 N–H and O–H groups in total. The molecule has 0 spiro atoms. The molecule has 0 radical (unpaired) electrons. The third-order valence-corrected chi connectivity index (χ3v) is 4.75. The summed E-state index contributed by atoms with van der Waals surface area (Å²) in [4.78, 5) is 30.5. The van der Waals surface area contributed by atoms with E-state index >= 15 is 0 Å². The highest BCUT2D eigenvalue weighted by molar-refractivity contribution is 7.13. The van der Waals surface area contributed by atoms with E-state index in [2.05, 4.69) is 15.2 Å². The molecule has 1 fully saturated rings. The molecule has 23 heavy (non-hydrogen) atoms. The number of benzene rings is 1. The van der Waals surface area contributed by atoms with Crippen molar-refractivity contribution < 1.29 is 9.59 Å². The summed E-state index contributed by atoms with van der Waals surface area (Å²) < 4.78 is 0. The fourth-order valence-corrected chi connectivity index (χ4v) is 3.40. The number of thiazole rings is 1. The lowest BCUT2D eigenvalue weighted by molar-refractivity contribution is -0.121. The van der Waals surface area contributed by atoms with Crippen molar-refractivity contribution in [3.8, 4) is 0 Å². The van der Waals surface area contributed by atoms with Crippen LogP contribution in [-0.4, -0.2) is 35.8 Å². The van der Waals surface area contributed by atoms with Crippen LogP contribution in [-0.2, 0) is 4.79 Å². The number of Topliss-reactive ketones (excluding diaryl/α,β-unsaturated/α-hetero) is 1. The molecule has 2 heterocycles. The Kier molecular flexibility index (Phi) is 5.02. The largest absolute Gasteiger partial charge is 0.352 e. The topological polar surface area (TPSA) is 62.3 Å². The molecule has 0 saturated carbocycles. The number of aromatic nitrogens is 1. The first-order chi connectivity index (χ1) is 11.2. The summed E-state index contributed by atoms with van der Waals surface area (Å²) in [6.45, 7) is 1.69. The van der Waals surface area contributed by atoms with Crippen LogP contribution in [0.3, 0.4) is 0 Å². The van der Waals surface area contributed by atoms with Gasteiger partial charge in [0, 0.05) is 49.1 Å². The van der Waals surface area contributed by atoms with Crippen LogP contribution < -0.4 is 10.2 Å². The normalized spacial score (nSPS) is 17.2. The summed E-state index contributed by atoms with van der Waals surface area (Å²) in [5.41, 5.74) is 0.663. The second kappa shape index (κ2) is 7.37. The molecule has 1 saturated heterocycles. The Morgan fingerprint density at radius 2 is 2.09 bits per heavy atom. The minimum atomic E-state index is -0.0553. The zero-order chi connectivity index (χ0) is 16.1. The summed E-state index contributed by atoms with van der Waals surface area (Å²) >= 11 is 1.61. The Balaban J connectivity index is 1.43. The molecule has 120 valence electrons. The first-order valence-electron chi connectivity index (χ1n) is 7.74. The standard InChI is InChI=1S/C17H19N3O2S/c21-15(13-4-2-1-3-5-13)6-7-16(22)19-14-8-10-20(12-14)17-18-9-11-23-17/h1-5,9,11,14H,6-8,10,12H2,(H,19,22). The molecule has 6 heteroatoms. The van der Waals surface area contributed by atoms with E-state index in [1.165, 1.54) is 0 Å². The summed E-state index contributed by atoms with van der Waals surface area (Å²) in [7, 11) is 0. The van der Waals surface area contributed by atoms with Gasteiger partial charge in [-0.3, -0.25) is 9.59 Å². The average Bonchev–Trinajstić information content (AvgIpc) is 3.24. The quantitative estimate of drug-likeness (QED) is 0.827. The first kappa shape index (κ1) is 15.7. The second-order valence-electron chi connectivity index (χ2n) is 5.60. The van der Waals surface area contributed by atoms with E-state index in [1.54, 1.807) is 29.7 Å². The highest BCUT2D eigenvalue weighted by atomic mass is 32.1. The Hall–Kier alpha value is -2.21. The molecular weight excluding hydrogens is 310 g/mol. The van der Waals surface area contributed by atoms with Gasteiger partial charge in [0.15, 0.2) is 10.9 Å². The van der Waals surface area contributed by atoms with E-state index in [1.807, 2.05) is 23.6 Å². The average molecular weight is 329 g/mol. The van der Waals surface area contributed by atoms with Gasteiger partial charge in [0.2, 0.25) is 5.91 Å². The number of ketones is 1. The zero-order valence-corrected chi connectivity index (χ0v) is 13.6. The van der Waals surface area contributed by atoms with Gasteiger partial charge in [-0.1, -0.05) is 30.3 Å². The van der Waals surface area contributed by atoms with Crippen LogP contribution >= 0.6 is 11.3 Å². The van der Waals surface area contributed by atoms with Crippen LogP contribution in [0.1, 0.15) is 29.6 Å². The Morgan fingerprint density at radius 3 is 2.83 bits per heavy atom. The minimum Gasteiger partial charge on any atom is -0.352 e. The van der Waals surface area contributed by atoms with E-state index in [0.29, 0.717) is 5.56 Å². The van der Waals surface area contributed by atoms with Gasteiger partial charge in [-0.05, 0) is 6.42 Å². The summed E-state index contributed by atoms with van der Waals surface area (Å²) in [6, 6.07) is 9.24. The highest BCUT2D eigenvalue weighted by Gasteiger charge is 2.25. The fourth-order valence-electron chi connectivity index (χ4n) is 2.72. The van der Waals surface area contributed by atoms with Gasteiger partial charge >= 0.3 is 0 Å². The van der Waals surface area contributed by atoms with Crippen molar-refractivity contribution in [1.29, 1.82) is 0 Å². The number of rotatable bonds is 6. The number of carbonyl (C=O) groups is 2. The third-order valence-electron chi connectivity index (χ3n) is 3.92. The Labute approximate surface area is 139 Å². The van der Waals surface area contributed by atoms with E-state index < -0.39 is 0 Å². The molecule has 0 aliphatic carbocycles. The number of anilines is 1. The summed E-state index contributed by atoms with van der Waals surface area (Å²) in [5, 5.41) is 5.98. The van der Waals surface area contributed by atoms with Crippen molar-refractivity contribution in [3.63, 3.8) is 0 Å². The lowest BCUT2D eigenvalue weighted by atomic mass is 10.1. The highest BCUT2D eigenvalue weighted by Crippen LogP contribution is 2.22. The molecular formula is C17H19N3O2S. The van der Waals surface area contributed by atoms with Crippen molar-refractivity contribution in [2.75, 3.05) is 18.0 Å². The molecule has 1 aliphatic rings. The number of hydrogen-bond donors (Lipinski definition) is 1.